The van der Waals surface area contributed by atoms with Gasteiger partial charge in [-0.1, -0.05) is 19.1 Å². The molecule has 0 saturated carbocycles. The Bertz CT molecular complexity index is 305. The van der Waals surface area contributed by atoms with Crippen molar-refractivity contribution in [3.63, 3.8) is 0 Å². The molecule has 0 radical (unpaired) electrons. The lowest BCUT2D eigenvalue weighted by Gasteiger charge is -2.02. The van der Waals surface area contributed by atoms with E-state index in [1.54, 1.807) is 0 Å². The van der Waals surface area contributed by atoms with E-state index in [9.17, 15) is 4.79 Å². The highest BCUT2D eigenvalue weighted by molar-refractivity contribution is 7.97. The highest BCUT2D eigenvalue weighted by atomic mass is 32.1. The second-order valence-corrected chi connectivity index (χ2v) is 3.21. The number of hydrogen-bond donors (Lipinski definition) is 1. The summed E-state index contributed by atoms with van der Waals surface area (Å²) < 4.78 is 0. The largest absolute Gasteiger partial charge is 0.282 e. The summed E-state index contributed by atoms with van der Waals surface area (Å²) in [5, 5.41) is -0.157. The lowest BCUT2D eigenvalue weighted by atomic mass is 10.0. The zero-order valence-corrected chi connectivity index (χ0v) is 8.19. The minimum absolute atomic E-state index is 0.157. The molecule has 2 heteroatoms. The van der Waals surface area contributed by atoms with Crippen LogP contribution < -0.4 is 0 Å². The Hall–Kier alpha value is -0.760. The fraction of sp³-hybridized carbons (Fsp3) is 0.300. The van der Waals surface area contributed by atoms with Crippen molar-refractivity contribution in [2.24, 2.45) is 0 Å². The molecule has 0 aliphatic carbocycles. The van der Waals surface area contributed by atoms with Gasteiger partial charge in [0.25, 0.3) is 0 Å². The monoisotopic (exact) mass is 180 g/mol. The lowest BCUT2D eigenvalue weighted by Crippen LogP contribution is -1.94. The van der Waals surface area contributed by atoms with Crippen molar-refractivity contribution in [1.82, 2.24) is 0 Å². The molecule has 0 saturated heterocycles. The number of carbonyl (C=O) groups excluding carboxylic acids is 1. The normalized spacial score (nSPS) is 9.92. The van der Waals surface area contributed by atoms with E-state index < -0.39 is 0 Å². The van der Waals surface area contributed by atoms with E-state index in [0.717, 1.165) is 12.0 Å². The Kier molecular flexibility index (Phi) is 2.93. The van der Waals surface area contributed by atoms with Crippen LogP contribution >= 0.6 is 12.6 Å². The van der Waals surface area contributed by atoms with Crippen LogP contribution in [0, 0.1) is 6.92 Å². The highest BCUT2D eigenvalue weighted by Gasteiger charge is 2.03. The second kappa shape index (κ2) is 3.76. The SMILES string of the molecule is CCc1ccc(C(=O)S)c(C)c1. The van der Waals surface area contributed by atoms with Gasteiger partial charge < -0.3 is 0 Å². The number of hydrogen-bond acceptors (Lipinski definition) is 1. The molecule has 0 bridgehead atoms. The third-order valence-corrected chi connectivity index (χ3v) is 2.17. The van der Waals surface area contributed by atoms with E-state index in [1.807, 2.05) is 25.1 Å². The summed E-state index contributed by atoms with van der Waals surface area (Å²) in [5.74, 6) is 0. The van der Waals surface area contributed by atoms with Crippen molar-refractivity contribution in [2.75, 3.05) is 0 Å². The maximum atomic E-state index is 10.9. The van der Waals surface area contributed by atoms with Crippen LogP contribution in [0.15, 0.2) is 18.2 Å². The van der Waals surface area contributed by atoms with Crippen molar-refractivity contribution in [3.8, 4) is 0 Å². The molecule has 0 N–H and O–H groups in total. The molecule has 1 nitrogen and oxygen atoms in total. The third-order valence-electron chi connectivity index (χ3n) is 1.93. The first-order valence-electron chi connectivity index (χ1n) is 3.98. The average molecular weight is 180 g/mol. The van der Waals surface area contributed by atoms with Crippen molar-refractivity contribution in [1.29, 1.82) is 0 Å². The van der Waals surface area contributed by atoms with Crippen LogP contribution in [0.5, 0.6) is 0 Å². The van der Waals surface area contributed by atoms with Crippen molar-refractivity contribution < 1.29 is 4.79 Å². The van der Waals surface area contributed by atoms with Crippen LogP contribution in [-0.2, 0) is 6.42 Å². The number of benzene rings is 1. The summed E-state index contributed by atoms with van der Waals surface area (Å²) >= 11 is 3.78. The van der Waals surface area contributed by atoms with E-state index in [2.05, 4.69) is 19.6 Å². The van der Waals surface area contributed by atoms with Gasteiger partial charge in [0.2, 0.25) is 5.12 Å². The van der Waals surface area contributed by atoms with Gasteiger partial charge in [0.15, 0.2) is 0 Å². The topological polar surface area (TPSA) is 17.1 Å². The minimum Gasteiger partial charge on any atom is -0.282 e. The quantitative estimate of drug-likeness (QED) is 0.692. The summed E-state index contributed by atoms with van der Waals surface area (Å²) in [7, 11) is 0. The third kappa shape index (κ3) is 1.89. The van der Waals surface area contributed by atoms with E-state index >= 15 is 0 Å². The first-order chi connectivity index (χ1) is 5.65. The zero-order chi connectivity index (χ0) is 9.14. The Morgan fingerprint density at radius 2 is 2.17 bits per heavy atom. The fourth-order valence-corrected chi connectivity index (χ4v) is 1.44. The predicted molar refractivity (Wildman–Crippen MR) is 53.9 cm³/mol. The predicted octanol–water partition coefficient (Wildman–Crippen LogP) is 2.63. The fourth-order valence-electron chi connectivity index (χ4n) is 1.19. The Morgan fingerprint density at radius 1 is 1.50 bits per heavy atom. The number of carbonyl (C=O) groups is 1. The molecular weight excluding hydrogens is 168 g/mol. The van der Waals surface area contributed by atoms with Gasteiger partial charge in [-0.05, 0) is 30.5 Å². The van der Waals surface area contributed by atoms with Crippen LogP contribution in [-0.4, -0.2) is 5.12 Å². The van der Waals surface area contributed by atoms with Gasteiger partial charge in [0.05, 0.1) is 0 Å². The molecule has 0 aliphatic heterocycles. The van der Waals surface area contributed by atoms with Gasteiger partial charge in [-0.25, -0.2) is 0 Å². The van der Waals surface area contributed by atoms with Gasteiger partial charge in [0, 0.05) is 5.56 Å². The molecule has 0 aliphatic rings. The van der Waals surface area contributed by atoms with E-state index in [-0.39, 0.29) is 5.12 Å². The van der Waals surface area contributed by atoms with Gasteiger partial charge >= 0.3 is 0 Å². The lowest BCUT2D eigenvalue weighted by molar-refractivity contribution is 0.109. The molecule has 0 spiro atoms. The molecule has 0 heterocycles. The molecular formula is C10H12OS. The van der Waals surface area contributed by atoms with Crippen molar-refractivity contribution in [2.45, 2.75) is 20.3 Å². The molecule has 0 atom stereocenters. The molecule has 0 unspecified atom stereocenters. The summed E-state index contributed by atoms with van der Waals surface area (Å²) in [4.78, 5) is 10.9. The number of aryl methyl sites for hydroxylation is 2. The Morgan fingerprint density at radius 3 is 2.58 bits per heavy atom. The van der Waals surface area contributed by atoms with Crippen LogP contribution in [0.3, 0.4) is 0 Å². The highest BCUT2D eigenvalue weighted by Crippen LogP contribution is 2.13. The van der Waals surface area contributed by atoms with E-state index in [1.165, 1.54) is 5.56 Å². The van der Waals surface area contributed by atoms with Gasteiger partial charge in [-0.15, -0.1) is 12.6 Å². The summed E-state index contributed by atoms with van der Waals surface area (Å²) in [6.07, 6.45) is 1.00. The van der Waals surface area contributed by atoms with E-state index in [0.29, 0.717) is 5.56 Å². The van der Waals surface area contributed by atoms with Crippen LogP contribution in [0.25, 0.3) is 0 Å². The van der Waals surface area contributed by atoms with Crippen LogP contribution in [0.1, 0.15) is 28.4 Å². The zero-order valence-electron chi connectivity index (χ0n) is 7.29. The molecule has 1 aromatic carbocycles. The van der Waals surface area contributed by atoms with E-state index in [4.69, 9.17) is 0 Å². The first kappa shape index (κ1) is 9.33. The molecule has 0 fully saturated rings. The summed E-state index contributed by atoms with van der Waals surface area (Å²) in [6, 6.07) is 5.84. The molecule has 0 aromatic heterocycles. The first-order valence-corrected chi connectivity index (χ1v) is 4.42. The maximum absolute atomic E-state index is 10.9. The maximum Gasteiger partial charge on any atom is 0.216 e. The van der Waals surface area contributed by atoms with Gasteiger partial charge in [-0.3, -0.25) is 4.79 Å². The van der Waals surface area contributed by atoms with Gasteiger partial charge in [0.1, 0.15) is 0 Å². The van der Waals surface area contributed by atoms with Crippen molar-refractivity contribution in [3.05, 3.63) is 34.9 Å². The smallest absolute Gasteiger partial charge is 0.216 e. The minimum atomic E-state index is -0.157. The van der Waals surface area contributed by atoms with Crippen LogP contribution in [0.4, 0.5) is 0 Å². The summed E-state index contributed by atoms with van der Waals surface area (Å²) in [6.45, 7) is 4.03. The molecule has 0 amide bonds. The second-order valence-electron chi connectivity index (χ2n) is 2.81. The molecule has 1 rings (SSSR count). The Labute approximate surface area is 78.2 Å². The average Bonchev–Trinajstić information content (AvgIpc) is 2.03. The Balaban J connectivity index is 3.12. The van der Waals surface area contributed by atoms with Crippen LogP contribution in [0.2, 0.25) is 0 Å². The number of rotatable bonds is 2. The summed E-state index contributed by atoms with van der Waals surface area (Å²) in [5.41, 5.74) is 2.97. The van der Waals surface area contributed by atoms with Gasteiger partial charge in [-0.2, -0.15) is 0 Å². The molecule has 64 valence electrons. The molecule has 1 aromatic rings. The molecule has 12 heavy (non-hydrogen) atoms. The van der Waals surface area contributed by atoms with Crippen molar-refractivity contribution >= 4 is 17.7 Å². The standard InChI is InChI=1S/C10H12OS/c1-3-8-4-5-9(10(11)12)7(2)6-8/h4-6H,3H2,1-2H3,(H,11,12). The number of thiol groups is 1.